The Morgan fingerprint density at radius 2 is 1.97 bits per heavy atom. The lowest BCUT2D eigenvalue weighted by atomic mass is 9.97. The third-order valence-electron chi connectivity index (χ3n) is 5.88. The molecule has 1 aliphatic rings. The number of nitrogens with zero attached hydrogens (tertiary/aromatic N) is 1. The number of fused-ring (bicyclic) bond motifs is 1. The zero-order valence-corrected chi connectivity index (χ0v) is 18.7. The number of ether oxygens (including phenoxy) is 1. The number of hydrogen-bond donors (Lipinski definition) is 2. The van der Waals surface area contributed by atoms with Crippen molar-refractivity contribution in [3.8, 4) is 16.9 Å². The van der Waals surface area contributed by atoms with Crippen LogP contribution >= 0.6 is 0 Å². The monoisotopic (exact) mass is 456 g/mol. The summed E-state index contributed by atoms with van der Waals surface area (Å²) in [6.45, 7) is 3.64. The van der Waals surface area contributed by atoms with Gasteiger partial charge in [-0.3, -0.25) is 4.79 Å². The second-order valence-electron chi connectivity index (χ2n) is 8.71. The molecular weight excluding hydrogens is 430 g/mol. The first-order valence-corrected chi connectivity index (χ1v) is 10.9. The molecule has 33 heavy (non-hydrogen) atoms. The molecule has 1 aliphatic carbocycles. The first-order valence-electron chi connectivity index (χ1n) is 10.9. The van der Waals surface area contributed by atoms with E-state index in [9.17, 15) is 23.5 Å². The number of rotatable bonds is 8. The lowest BCUT2D eigenvalue weighted by Gasteiger charge is -2.19. The van der Waals surface area contributed by atoms with Crippen molar-refractivity contribution in [1.29, 1.82) is 0 Å². The molecule has 1 aromatic heterocycles. The van der Waals surface area contributed by atoms with E-state index in [4.69, 9.17) is 4.74 Å². The van der Waals surface area contributed by atoms with Gasteiger partial charge in [-0.25, -0.2) is 4.79 Å². The van der Waals surface area contributed by atoms with Crippen molar-refractivity contribution in [1.82, 2.24) is 9.88 Å². The van der Waals surface area contributed by atoms with Gasteiger partial charge in [-0.2, -0.15) is 8.78 Å². The van der Waals surface area contributed by atoms with Crippen LogP contribution < -0.4 is 15.5 Å². The molecule has 1 heterocycles. The molecule has 174 valence electrons. The molecule has 6 nitrogen and oxygen atoms in total. The van der Waals surface area contributed by atoms with E-state index in [1.54, 1.807) is 10.6 Å². The van der Waals surface area contributed by atoms with Crippen molar-refractivity contribution < 1.29 is 23.4 Å². The molecule has 0 spiro atoms. The van der Waals surface area contributed by atoms with Crippen molar-refractivity contribution in [3.63, 3.8) is 0 Å². The summed E-state index contributed by atoms with van der Waals surface area (Å²) in [4.78, 5) is 24.4. The van der Waals surface area contributed by atoms with Crippen LogP contribution in [0.5, 0.6) is 5.75 Å². The normalized spacial score (nSPS) is 13.8. The van der Waals surface area contributed by atoms with Crippen LogP contribution in [-0.4, -0.2) is 28.3 Å². The molecule has 0 radical (unpaired) electrons. The largest absolute Gasteiger partial charge is 0.477 e. The van der Waals surface area contributed by atoms with E-state index in [-0.39, 0.29) is 28.3 Å². The number of halogens is 2. The molecule has 0 aliphatic heterocycles. The van der Waals surface area contributed by atoms with Crippen LogP contribution in [0.1, 0.15) is 54.2 Å². The van der Waals surface area contributed by atoms with Gasteiger partial charge in [-0.05, 0) is 48.6 Å². The number of carboxylic acid groups (broad SMARTS) is 1. The standard InChI is InChI=1S/C25H26F2N2O4/c1-13(2)28-11-16-5-4-15(10-14(16)3)18-8-9-19-21(23(18)33-25(26)27)29(17-6-7-17)12-20(22(19)30)24(31)32/h4-5,8-10,12-13,17,25,28H,6-7,11H2,1-3H3,(H,31,32). The fraction of sp³-hybridized carbons (Fsp3) is 0.360. The molecule has 4 rings (SSSR count). The van der Waals surface area contributed by atoms with E-state index in [0.29, 0.717) is 23.7 Å². The highest BCUT2D eigenvalue weighted by molar-refractivity contribution is 5.97. The average molecular weight is 456 g/mol. The SMILES string of the molecule is Cc1cc(-c2ccc3c(=O)c(C(=O)O)cn(C4CC4)c3c2OC(F)F)ccc1CNC(C)C. The van der Waals surface area contributed by atoms with Gasteiger partial charge in [0.05, 0.1) is 10.9 Å². The van der Waals surface area contributed by atoms with E-state index in [1.807, 2.05) is 25.1 Å². The number of carbonyl (C=O) groups is 1. The highest BCUT2D eigenvalue weighted by Crippen LogP contribution is 2.43. The van der Waals surface area contributed by atoms with Gasteiger partial charge in [0.25, 0.3) is 0 Å². The van der Waals surface area contributed by atoms with Gasteiger partial charge < -0.3 is 19.7 Å². The summed E-state index contributed by atoms with van der Waals surface area (Å²) >= 11 is 0. The summed E-state index contributed by atoms with van der Waals surface area (Å²) in [6.07, 6.45) is 2.79. The molecule has 8 heteroatoms. The summed E-state index contributed by atoms with van der Waals surface area (Å²) < 4.78 is 33.6. The Bertz CT molecular complexity index is 1280. The predicted octanol–water partition coefficient (Wildman–Crippen LogP) is 5.11. The molecule has 0 unspecified atom stereocenters. The van der Waals surface area contributed by atoms with Gasteiger partial charge >= 0.3 is 12.6 Å². The molecule has 0 saturated heterocycles. The first-order chi connectivity index (χ1) is 15.7. The van der Waals surface area contributed by atoms with Gasteiger partial charge in [0.1, 0.15) is 5.56 Å². The van der Waals surface area contributed by atoms with E-state index in [0.717, 1.165) is 24.0 Å². The maximum absolute atomic E-state index is 13.5. The van der Waals surface area contributed by atoms with Gasteiger partial charge in [-0.1, -0.05) is 32.0 Å². The van der Waals surface area contributed by atoms with Crippen LogP contribution in [0.3, 0.4) is 0 Å². The zero-order valence-electron chi connectivity index (χ0n) is 18.7. The number of aromatic carboxylic acids is 1. The van der Waals surface area contributed by atoms with Gasteiger partial charge in [0, 0.05) is 30.4 Å². The summed E-state index contributed by atoms with van der Waals surface area (Å²) in [5.41, 5.74) is 2.28. The maximum Gasteiger partial charge on any atom is 0.387 e. The molecule has 1 fully saturated rings. The summed E-state index contributed by atoms with van der Waals surface area (Å²) in [6, 6.07) is 9.00. The minimum atomic E-state index is -3.10. The number of alkyl halides is 2. The maximum atomic E-state index is 13.5. The fourth-order valence-corrected chi connectivity index (χ4v) is 4.02. The summed E-state index contributed by atoms with van der Waals surface area (Å²) in [5.74, 6) is -1.46. The smallest absolute Gasteiger partial charge is 0.387 e. The fourth-order valence-electron chi connectivity index (χ4n) is 4.02. The minimum absolute atomic E-state index is 0.0516. The van der Waals surface area contributed by atoms with Gasteiger partial charge in [-0.15, -0.1) is 0 Å². The van der Waals surface area contributed by atoms with Crippen molar-refractivity contribution >= 4 is 16.9 Å². The highest BCUT2D eigenvalue weighted by atomic mass is 19.3. The number of pyridine rings is 1. The molecule has 1 saturated carbocycles. The van der Waals surface area contributed by atoms with Crippen molar-refractivity contribution in [2.24, 2.45) is 0 Å². The van der Waals surface area contributed by atoms with Crippen LogP contribution in [0.15, 0.2) is 41.3 Å². The Labute approximate surface area is 189 Å². The number of aromatic nitrogens is 1. The summed E-state index contributed by atoms with van der Waals surface area (Å²) in [5, 5.41) is 12.9. The third-order valence-corrected chi connectivity index (χ3v) is 5.88. The number of hydrogen-bond acceptors (Lipinski definition) is 4. The van der Waals surface area contributed by atoms with E-state index in [2.05, 4.69) is 19.2 Å². The van der Waals surface area contributed by atoms with E-state index >= 15 is 0 Å². The van der Waals surface area contributed by atoms with Crippen molar-refractivity contribution in [2.75, 3.05) is 0 Å². The third kappa shape index (κ3) is 4.61. The molecule has 2 N–H and O–H groups in total. The molecular formula is C25H26F2N2O4. The molecule has 3 aromatic rings. The second kappa shape index (κ2) is 8.94. The van der Waals surface area contributed by atoms with Crippen LogP contribution in [0.2, 0.25) is 0 Å². The van der Waals surface area contributed by atoms with Crippen molar-refractivity contribution in [2.45, 2.75) is 58.9 Å². The van der Waals surface area contributed by atoms with E-state index in [1.165, 1.54) is 12.3 Å². The average Bonchev–Trinajstić information content (AvgIpc) is 3.58. The molecule has 2 aromatic carbocycles. The van der Waals surface area contributed by atoms with Gasteiger partial charge in [0.15, 0.2) is 5.75 Å². The Kier molecular flexibility index (Phi) is 6.21. The molecule has 0 amide bonds. The Morgan fingerprint density at radius 1 is 1.24 bits per heavy atom. The van der Waals surface area contributed by atoms with Crippen LogP contribution in [-0.2, 0) is 6.54 Å². The molecule has 0 atom stereocenters. The van der Waals surface area contributed by atoms with Crippen LogP contribution in [0.25, 0.3) is 22.0 Å². The first kappa shape index (κ1) is 22.9. The minimum Gasteiger partial charge on any atom is -0.477 e. The Balaban J connectivity index is 1.93. The Hall–Kier alpha value is -3.26. The predicted molar refractivity (Wildman–Crippen MR) is 122 cm³/mol. The summed E-state index contributed by atoms with van der Waals surface area (Å²) in [7, 11) is 0. The number of benzene rings is 2. The second-order valence-corrected chi connectivity index (χ2v) is 8.71. The lowest BCUT2D eigenvalue weighted by Crippen LogP contribution is -2.22. The van der Waals surface area contributed by atoms with E-state index < -0.39 is 18.0 Å². The highest BCUT2D eigenvalue weighted by Gasteiger charge is 2.30. The molecule has 0 bridgehead atoms. The van der Waals surface area contributed by atoms with Crippen LogP contribution in [0, 0.1) is 6.92 Å². The Morgan fingerprint density at radius 3 is 2.55 bits per heavy atom. The van der Waals surface area contributed by atoms with Crippen LogP contribution in [0.4, 0.5) is 8.78 Å². The number of aryl methyl sites for hydroxylation is 1. The number of carboxylic acids is 1. The van der Waals surface area contributed by atoms with Crippen molar-refractivity contribution in [3.05, 3.63) is 63.4 Å². The topological polar surface area (TPSA) is 80.6 Å². The zero-order chi connectivity index (χ0) is 23.9. The van der Waals surface area contributed by atoms with Gasteiger partial charge in [0.2, 0.25) is 5.43 Å². The number of nitrogens with one attached hydrogen (secondary N) is 1. The lowest BCUT2D eigenvalue weighted by molar-refractivity contribution is -0.0486. The quantitative estimate of drug-likeness (QED) is 0.492.